The molecule has 5 heteroatoms. The minimum Gasteiger partial charge on any atom is -0.384 e. The number of carbonyl (C=O) groups is 1. The Kier molecular flexibility index (Phi) is 7.06. The van der Waals surface area contributed by atoms with Crippen molar-refractivity contribution < 1.29 is 9.90 Å². The molecule has 24 heavy (non-hydrogen) atoms. The van der Waals surface area contributed by atoms with Gasteiger partial charge in [0.1, 0.15) is 5.60 Å². The number of hydrogen-bond donors (Lipinski definition) is 3. The second kappa shape index (κ2) is 9.04. The fourth-order valence-electron chi connectivity index (χ4n) is 3.21. The van der Waals surface area contributed by atoms with Crippen molar-refractivity contribution in [2.75, 3.05) is 32.7 Å². The molecule has 1 aromatic rings. The molecule has 2 rings (SSSR count). The van der Waals surface area contributed by atoms with Gasteiger partial charge in [-0.05, 0) is 50.8 Å². The molecule has 1 aliphatic rings. The van der Waals surface area contributed by atoms with E-state index in [1.807, 2.05) is 30.3 Å². The molecule has 1 saturated heterocycles. The molecule has 0 radical (unpaired) electrons. The summed E-state index contributed by atoms with van der Waals surface area (Å²) >= 11 is 0. The number of benzene rings is 1. The van der Waals surface area contributed by atoms with Crippen molar-refractivity contribution in [3.63, 3.8) is 0 Å². The van der Waals surface area contributed by atoms with Crippen molar-refractivity contribution >= 4 is 6.03 Å². The molecule has 134 valence electrons. The summed E-state index contributed by atoms with van der Waals surface area (Å²) in [5.74, 6) is 0.787. The van der Waals surface area contributed by atoms with E-state index in [0.717, 1.165) is 24.4 Å². The molecule has 0 bridgehead atoms. The summed E-state index contributed by atoms with van der Waals surface area (Å²) in [6.07, 6.45) is 3.57. The first-order chi connectivity index (χ1) is 11.5. The molecule has 1 fully saturated rings. The quantitative estimate of drug-likeness (QED) is 0.671. The SMILES string of the molecule is CC1CCCN(CCCNC(=O)NCC(C)(O)c2ccccc2)C1. The Morgan fingerprint density at radius 1 is 1.33 bits per heavy atom. The lowest BCUT2D eigenvalue weighted by molar-refractivity contribution is 0.0594. The number of nitrogens with one attached hydrogen (secondary N) is 2. The van der Waals surface area contributed by atoms with Gasteiger partial charge in [0.25, 0.3) is 0 Å². The Morgan fingerprint density at radius 2 is 2.08 bits per heavy atom. The topological polar surface area (TPSA) is 64.6 Å². The van der Waals surface area contributed by atoms with Gasteiger partial charge in [-0.15, -0.1) is 0 Å². The Hall–Kier alpha value is -1.59. The van der Waals surface area contributed by atoms with Gasteiger partial charge in [0.15, 0.2) is 0 Å². The number of likely N-dealkylation sites (tertiary alicyclic amines) is 1. The highest BCUT2D eigenvalue weighted by Gasteiger charge is 2.23. The second-order valence-corrected chi connectivity index (χ2v) is 7.15. The third-order valence-corrected chi connectivity index (χ3v) is 4.67. The minimum atomic E-state index is -1.07. The van der Waals surface area contributed by atoms with Gasteiger partial charge >= 0.3 is 6.03 Å². The lowest BCUT2D eigenvalue weighted by atomic mass is 9.96. The van der Waals surface area contributed by atoms with Crippen molar-refractivity contribution in [1.82, 2.24) is 15.5 Å². The molecule has 3 N–H and O–H groups in total. The van der Waals surface area contributed by atoms with Crippen LogP contribution in [-0.2, 0) is 5.60 Å². The van der Waals surface area contributed by atoms with Crippen molar-refractivity contribution in [3.8, 4) is 0 Å². The lowest BCUT2D eigenvalue weighted by Crippen LogP contribution is -2.44. The molecule has 1 aromatic carbocycles. The standard InChI is InChI=1S/C19H31N3O2/c1-16-8-6-12-22(14-16)13-7-11-20-18(23)21-15-19(2,24)17-9-4-3-5-10-17/h3-5,9-10,16,24H,6-8,11-15H2,1-2H3,(H2,20,21,23). The minimum absolute atomic E-state index is 0.187. The molecule has 0 aliphatic carbocycles. The van der Waals surface area contributed by atoms with Crippen LogP contribution < -0.4 is 10.6 Å². The van der Waals surface area contributed by atoms with Crippen LogP contribution in [0.25, 0.3) is 0 Å². The zero-order valence-corrected chi connectivity index (χ0v) is 14.9. The van der Waals surface area contributed by atoms with Crippen LogP contribution in [0.3, 0.4) is 0 Å². The summed E-state index contributed by atoms with van der Waals surface area (Å²) in [6.45, 7) is 8.24. The molecular weight excluding hydrogens is 302 g/mol. The van der Waals surface area contributed by atoms with Crippen LogP contribution in [0.2, 0.25) is 0 Å². The van der Waals surface area contributed by atoms with Gasteiger partial charge in [-0.1, -0.05) is 37.3 Å². The van der Waals surface area contributed by atoms with Crippen LogP contribution in [0.5, 0.6) is 0 Å². The highest BCUT2D eigenvalue weighted by molar-refractivity contribution is 5.73. The normalized spacial score (nSPS) is 21.0. The van der Waals surface area contributed by atoms with Gasteiger partial charge < -0.3 is 20.6 Å². The molecule has 2 unspecified atom stereocenters. The summed E-state index contributed by atoms with van der Waals surface area (Å²) in [5.41, 5.74) is -0.271. The van der Waals surface area contributed by atoms with Gasteiger partial charge in [-0.3, -0.25) is 0 Å². The van der Waals surface area contributed by atoms with E-state index in [0.29, 0.717) is 6.54 Å². The largest absolute Gasteiger partial charge is 0.384 e. The average Bonchev–Trinajstić information content (AvgIpc) is 2.58. The number of piperidine rings is 1. The van der Waals surface area contributed by atoms with Crippen molar-refractivity contribution in [1.29, 1.82) is 0 Å². The van der Waals surface area contributed by atoms with Gasteiger partial charge in [0, 0.05) is 13.1 Å². The molecule has 1 aliphatic heterocycles. The van der Waals surface area contributed by atoms with Crippen LogP contribution in [0, 0.1) is 5.92 Å². The molecule has 0 aromatic heterocycles. The highest BCUT2D eigenvalue weighted by atomic mass is 16.3. The summed E-state index contributed by atoms with van der Waals surface area (Å²) < 4.78 is 0. The van der Waals surface area contributed by atoms with Crippen LogP contribution in [-0.4, -0.2) is 48.8 Å². The van der Waals surface area contributed by atoms with Gasteiger partial charge in [-0.25, -0.2) is 4.79 Å². The summed E-state index contributed by atoms with van der Waals surface area (Å²) in [7, 11) is 0. The maximum absolute atomic E-state index is 11.9. The van der Waals surface area contributed by atoms with E-state index in [1.54, 1.807) is 6.92 Å². The predicted molar refractivity (Wildman–Crippen MR) is 96.9 cm³/mol. The number of carbonyl (C=O) groups excluding carboxylic acids is 1. The predicted octanol–water partition coefficient (Wildman–Crippen LogP) is 2.32. The number of urea groups is 1. The summed E-state index contributed by atoms with van der Waals surface area (Å²) in [5, 5.41) is 16.1. The van der Waals surface area contributed by atoms with Crippen LogP contribution in [0.1, 0.15) is 38.7 Å². The zero-order valence-electron chi connectivity index (χ0n) is 14.9. The highest BCUT2D eigenvalue weighted by Crippen LogP contribution is 2.18. The van der Waals surface area contributed by atoms with E-state index >= 15 is 0 Å². The van der Waals surface area contributed by atoms with Crippen molar-refractivity contribution in [2.24, 2.45) is 5.92 Å². The fraction of sp³-hybridized carbons (Fsp3) is 0.632. The summed E-state index contributed by atoms with van der Waals surface area (Å²) in [4.78, 5) is 14.4. The monoisotopic (exact) mass is 333 g/mol. The number of aliphatic hydroxyl groups is 1. The van der Waals surface area contributed by atoms with E-state index in [2.05, 4.69) is 22.5 Å². The maximum Gasteiger partial charge on any atom is 0.314 e. The van der Waals surface area contributed by atoms with Crippen LogP contribution >= 0.6 is 0 Å². The van der Waals surface area contributed by atoms with Gasteiger partial charge in [0.05, 0.1) is 6.54 Å². The Bertz CT molecular complexity index is 505. The first-order valence-corrected chi connectivity index (χ1v) is 8.99. The second-order valence-electron chi connectivity index (χ2n) is 7.15. The number of amides is 2. The average molecular weight is 333 g/mol. The number of hydrogen-bond acceptors (Lipinski definition) is 3. The van der Waals surface area contributed by atoms with E-state index in [4.69, 9.17) is 0 Å². The maximum atomic E-state index is 11.9. The van der Waals surface area contributed by atoms with Gasteiger partial charge in [0.2, 0.25) is 0 Å². The first-order valence-electron chi connectivity index (χ1n) is 8.99. The molecular formula is C19H31N3O2. The molecule has 0 saturated carbocycles. The lowest BCUT2D eigenvalue weighted by Gasteiger charge is -2.30. The molecule has 2 amide bonds. The van der Waals surface area contributed by atoms with Crippen molar-refractivity contribution in [3.05, 3.63) is 35.9 Å². The molecule has 1 heterocycles. The first kappa shape index (κ1) is 18.7. The molecule has 5 nitrogen and oxygen atoms in total. The van der Waals surface area contributed by atoms with Crippen LogP contribution in [0.4, 0.5) is 4.79 Å². The van der Waals surface area contributed by atoms with E-state index < -0.39 is 5.60 Å². The van der Waals surface area contributed by atoms with Gasteiger partial charge in [-0.2, -0.15) is 0 Å². The smallest absolute Gasteiger partial charge is 0.314 e. The molecule has 0 spiro atoms. The third kappa shape index (κ3) is 6.13. The van der Waals surface area contributed by atoms with E-state index in [9.17, 15) is 9.90 Å². The van der Waals surface area contributed by atoms with Crippen LogP contribution in [0.15, 0.2) is 30.3 Å². The van der Waals surface area contributed by atoms with E-state index in [1.165, 1.54) is 25.9 Å². The Labute approximate surface area is 145 Å². The molecule has 2 atom stereocenters. The number of nitrogens with zero attached hydrogens (tertiary/aromatic N) is 1. The van der Waals surface area contributed by atoms with E-state index in [-0.39, 0.29) is 12.6 Å². The third-order valence-electron chi connectivity index (χ3n) is 4.67. The Balaban J connectivity index is 1.61. The fourth-order valence-corrected chi connectivity index (χ4v) is 3.21. The zero-order chi connectivity index (χ0) is 17.4. The Morgan fingerprint density at radius 3 is 2.79 bits per heavy atom. The summed E-state index contributed by atoms with van der Waals surface area (Å²) in [6, 6.07) is 9.16. The van der Waals surface area contributed by atoms with Crippen molar-refractivity contribution in [2.45, 2.75) is 38.7 Å². The number of rotatable bonds is 7.